The Labute approximate surface area is 129 Å². The third-order valence-electron chi connectivity index (χ3n) is 2.68. The van der Waals surface area contributed by atoms with E-state index in [1.165, 1.54) is 6.07 Å². The average Bonchev–Trinajstić information content (AvgIpc) is 2.45. The molecule has 0 saturated heterocycles. The van der Waals surface area contributed by atoms with E-state index in [9.17, 15) is 13.6 Å². The van der Waals surface area contributed by atoms with Gasteiger partial charge in [0.15, 0.2) is 17.7 Å². The zero-order valence-electron chi connectivity index (χ0n) is 11.1. The van der Waals surface area contributed by atoms with E-state index in [0.29, 0.717) is 5.75 Å². The molecule has 6 heteroatoms. The number of hydrogen-bond acceptors (Lipinski definition) is 2. The van der Waals surface area contributed by atoms with Crippen LogP contribution in [0, 0.1) is 11.6 Å². The standard InChI is InChI=1S/C15H12BrF2NO2/c1-9(21-12-5-2-10(16)3-6-12)15(20)19-11-4-7-13(17)14(18)8-11/h2-9H,1H3,(H,19,20). The Balaban J connectivity index is 1.98. The topological polar surface area (TPSA) is 38.3 Å². The lowest BCUT2D eigenvalue weighted by Gasteiger charge is -2.14. The molecule has 21 heavy (non-hydrogen) atoms. The number of nitrogens with one attached hydrogen (secondary N) is 1. The fourth-order valence-corrected chi connectivity index (χ4v) is 1.85. The van der Waals surface area contributed by atoms with Gasteiger partial charge < -0.3 is 10.1 Å². The molecule has 1 N–H and O–H groups in total. The highest BCUT2D eigenvalue weighted by Crippen LogP contribution is 2.18. The summed E-state index contributed by atoms with van der Waals surface area (Å²) in [6.07, 6.45) is -0.778. The van der Waals surface area contributed by atoms with E-state index in [1.54, 1.807) is 31.2 Å². The molecule has 0 aliphatic heterocycles. The van der Waals surface area contributed by atoms with E-state index in [4.69, 9.17) is 4.74 Å². The predicted octanol–water partition coefficient (Wildman–Crippen LogP) is 4.13. The number of ether oxygens (including phenoxy) is 1. The maximum atomic E-state index is 13.1. The fraction of sp³-hybridized carbons (Fsp3) is 0.133. The predicted molar refractivity (Wildman–Crippen MR) is 79.2 cm³/mol. The second-order valence-corrected chi connectivity index (χ2v) is 5.25. The number of anilines is 1. The van der Waals surface area contributed by atoms with E-state index >= 15 is 0 Å². The SMILES string of the molecule is CC(Oc1ccc(Br)cc1)C(=O)Nc1ccc(F)c(F)c1. The summed E-state index contributed by atoms with van der Waals surface area (Å²) in [5.74, 6) is -1.91. The van der Waals surface area contributed by atoms with Crippen molar-refractivity contribution in [3.05, 3.63) is 58.6 Å². The van der Waals surface area contributed by atoms with E-state index in [0.717, 1.165) is 16.6 Å². The van der Waals surface area contributed by atoms with Gasteiger partial charge >= 0.3 is 0 Å². The minimum atomic E-state index is -1.02. The van der Waals surface area contributed by atoms with Crippen molar-refractivity contribution in [1.82, 2.24) is 0 Å². The van der Waals surface area contributed by atoms with Crippen molar-refractivity contribution in [2.45, 2.75) is 13.0 Å². The average molecular weight is 356 g/mol. The number of benzene rings is 2. The molecule has 0 bridgehead atoms. The smallest absolute Gasteiger partial charge is 0.265 e. The van der Waals surface area contributed by atoms with Crippen LogP contribution in [0.25, 0.3) is 0 Å². The van der Waals surface area contributed by atoms with Gasteiger partial charge in [0.25, 0.3) is 5.91 Å². The molecule has 0 radical (unpaired) electrons. The molecule has 0 aromatic heterocycles. The highest BCUT2D eigenvalue weighted by molar-refractivity contribution is 9.10. The maximum Gasteiger partial charge on any atom is 0.265 e. The van der Waals surface area contributed by atoms with Gasteiger partial charge in [0, 0.05) is 16.2 Å². The van der Waals surface area contributed by atoms with Gasteiger partial charge in [-0.15, -0.1) is 0 Å². The third-order valence-corrected chi connectivity index (χ3v) is 3.21. The first-order valence-corrected chi connectivity index (χ1v) is 6.93. The Bertz CT molecular complexity index is 647. The highest BCUT2D eigenvalue weighted by Gasteiger charge is 2.15. The summed E-state index contributed by atoms with van der Waals surface area (Å²) >= 11 is 3.30. The highest BCUT2D eigenvalue weighted by atomic mass is 79.9. The summed E-state index contributed by atoms with van der Waals surface area (Å²) in [5, 5.41) is 2.46. The molecule has 110 valence electrons. The number of rotatable bonds is 4. The Hall–Kier alpha value is -1.95. The van der Waals surface area contributed by atoms with Crippen molar-refractivity contribution in [3.8, 4) is 5.75 Å². The number of hydrogen-bond donors (Lipinski definition) is 1. The molecule has 0 aliphatic carbocycles. The molecule has 0 aliphatic rings. The van der Waals surface area contributed by atoms with Crippen LogP contribution in [0.15, 0.2) is 46.9 Å². The molecule has 3 nitrogen and oxygen atoms in total. The van der Waals surface area contributed by atoms with Crippen LogP contribution in [-0.2, 0) is 4.79 Å². The van der Waals surface area contributed by atoms with Crippen LogP contribution in [0.4, 0.5) is 14.5 Å². The lowest BCUT2D eigenvalue weighted by molar-refractivity contribution is -0.122. The zero-order valence-corrected chi connectivity index (χ0v) is 12.7. The Morgan fingerprint density at radius 1 is 1.14 bits per heavy atom. The van der Waals surface area contributed by atoms with Crippen LogP contribution in [0.1, 0.15) is 6.92 Å². The van der Waals surface area contributed by atoms with Crippen LogP contribution in [0.2, 0.25) is 0 Å². The molecular weight excluding hydrogens is 344 g/mol. The molecule has 1 unspecified atom stereocenters. The minimum Gasteiger partial charge on any atom is -0.481 e. The lowest BCUT2D eigenvalue weighted by Crippen LogP contribution is -2.30. The van der Waals surface area contributed by atoms with Crippen molar-refractivity contribution in [1.29, 1.82) is 0 Å². The van der Waals surface area contributed by atoms with Gasteiger partial charge in [-0.25, -0.2) is 8.78 Å². The molecule has 0 saturated carbocycles. The molecule has 1 amide bonds. The fourth-order valence-electron chi connectivity index (χ4n) is 1.59. The normalized spacial score (nSPS) is 11.8. The van der Waals surface area contributed by atoms with Crippen molar-refractivity contribution < 1.29 is 18.3 Å². The van der Waals surface area contributed by atoms with Gasteiger partial charge in [0.05, 0.1) is 0 Å². The first-order chi connectivity index (χ1) is 9.95. The Kier molecular flexibility index (Phi) is 4.90. The molecular formula is C15H12BrF2NO2. The van der Waals surface area contributed by atoms with Crippen LogP contribution in [-0.4, -0.2) is 12.0 Å². The second-order valence-electron chi connectivity index (χ2n) is 4.33. The molecule has 0 heterocycles. The van der Waals surface area contributed by atoms with Crippen LogP contribution in [0.3, 0.4) is 0 Å². The van der Waals surface area contributed by atoms with Crippen molar-refractivity contribution in [2.24, 2.45) is 0 Å². The maximum absolute atomic E-state index is 13.1. The summed E-state index contributed by atoms with van der Waals surface area (Å²) in [6, 6.07) is 10.1. The van der Waals surface area contributed by atoms with E-state index in [-0.39, 0.29) is 5.69 Å². The van der Waals surface area contributed by atoms with Gasteiger partial charge in [-0.3, -0.25) is 4.79 Å². The molecule has 2 aromatic carbocycles. The number of carbonyl (C=O) groups is 1. The molecule has 0 fully saturated rings. The summed E-state index contributed by atoms with van der Waals surface area (Å²) in [5.41, 5.74) is 0.171. The van der Waals surface area contributed by atoms with E-state index in [2.05, 4.69) is 21.2 Å². The van der Waals surface area contributed by atoms with Gasteiger partial charge in [-0.2, -0.15) is 0 Å². The van der Waals surface area contributed by atoms with Crippen LogP contribution >= 0.6 is 15.9 Å². The van der Waals surface area contributed by atoms with Crippen LogP contribution in [0.5, 0.6) is 5.75 Å². The molecule has 2 rings (SSSR count). The summed E-state index contributed by atoms with van der Waals surface area (Å²) in [4.78, 5) is 11.9. The van der Waals surface area contributed by atoms with Crippen molar-refractivity contribution >= 4 is 27.5 Å². The monoisotopic (exact) mass is 355 g/mol. The van der Waals surface area contributed by atoms with Crippen LogP contribution < -0.4 is 10.1 Å². The minimum absolute atomic E-state index is 0.171. The van der Waals surface area contributed by atoms with E-state index < -0.39 is 23.6 Å². The Morgan fingerprint density at radius 2 is 1.81 bits per heavy atom. The second kappa shape index (κ2) is 6.67. The quantitative estimate of drug-likeness (QED) is 0.895. The number of halogens is 3. The van der Waals surface area contributed by atoms with Crippen molar-refractivity contribution in [2.75, 3.05) is 5.32 Å². The summed E-state index contributed by atoms with van der Waals surface area (Å²) in [7, 11) is 0. The summed E-state index contributed by atoms with van der Waals surface area (Å²) in [6.45, 7) is 1.57. The first-order valence-electron chi connectivity index (χ1n) is 6.14. The molecule has 1 atom stereocenters. The largest absolute Gasteiger partial charge is 0.481 e. The van der Waals surface area contributed by atoms with Gasteiger partial charge in [-0.05, 0) is 43.3 Å². The number of amides is 1. The third kappa shape index (κ3) is 4.26. The van der Waals surface area contributed by atoms with Gasteiger partial charge in [-0.1, -0.05) is 15.9 Å². The molecule has 0 spiro atoms. The number of carbonyl (C=O) groups excluding carboxylic acids is 1. The lowest BCUT2D eigenvalue weighted by atomic mass is 10.2. The Morgan fingerprint density at radius 3 is 2.43 bits per heavy atom. The molecule has 2 aromatic rings. The van der Waals surface area contributed by atoms with Gasteiger partial charge in [0.2, 0.25) is 0 Å². The van der Waals surface area contributed by atoms with E-state index in [1.807, 2.05) is 0 Å². The zero-order chi connectivity index (χ0) is 15.4. The van der Waals surface area contributed by atoms with Gasteiger partial charge in [0.1, 0.15) is 5.75 Å². The first kappa shape index (κ1) is 15.4. The summed E-state index contributed by atoms with van der Waals surface area (Å²) < 4.78 is 32.2. The van der Waals surface area contributed by atoms with Crippen molar-refractivity contribution in [3.63, 3.8) is 0 Å².